The van der Waals surface area contributed by atoms with Gasteiger partial charge in [0, 0.05) is 11.3 Å². The first-order valence-corrected chi connectivity index (χ1v) is 7.02. The van der Waals surface area contributed by atoms with Crippen molar-refractivity contribution >= 4 is 11.5 Å². The summed E-state index contributed by atoms with van der Waals surface area (Å²) < 4.78 is 19.8. The third-order valence-corrected chi connectivity index (χ3v) is 3.43. The van der Waals surface area contributed by atoms with Gasteiger partial charge in [0.05, 0.1) is 23.4 Å². The molecule has 0 radical (unpaired) electrons. The maximum atomic E-state index is 13.0. The second-order valence-corrected chi connectivity index (χ2v) is 4.94. The van der Waals surface area contributed by atoms with Gasteiger partial charge in [-0.15, -0.1) is 0 Å². The van der Waals surface area contributed by atoms with E-state index < -0.39 is 0 Å². The highest BCUT2D eigenvalue weighted by Gasteiger charge is 2.16. The minimum absolute atomic E-state index is 0.286. The van der Waals surface area contributed by atoms with Gasteiger partial charge < -0.3 is 4.74 Å². The van der Waals surface area contributed by atoms with Crippen LogP contribution in [0, 0.1) is 12.7 Å². The molecule has 0 aliphatic rings. The Morgan fingerprint density at radius 2 is 1.95 bits per heavy atom. The molecule has 0 fully saturated rings. The lowest BCUT2D eigenvalue weighted by molar-refractivity contribution is 0.0528. The topological polar surface area (TPSA) is 43.6 Å². The summed E-state index contributed by atoms with van der Waals surface area (Å²) in [6, 6.07) is 11.5. The smallest absolute Gasteiger partial charge is 0.340 e. The minimum atomic E-state index is -0.357. The highest BCUT2D eigenvalue weighted by molar-refractivity contribution is 5.97. The molecule has 3 aromatic rings. The number of halogens is 1. The summed E-state index contributed by atoms with van der Waals surface area (Å²) in [7, 11) is 0. The molecule has 2 heterocycles. The van der Waals surface area contributed by atoms with Gasteiger partial charge in [0.15, 0.2) is 0 Å². The van der Waals surface area contributed by atoms with Gasteiger partial charge >= 0.3 is 5.97 Å². The minimum Gasteiger partial charge on any atom is -0.462 e. The molecule has 0 amide bonds. The SMILES string of the molecule is CCOC(=O)c1cc(C)n2nc(-c3ccc(F)cc3)ccc12. The molecule has 0 atom stereocenters. The Labute approximate surface area is 127 Å². The normalized spacial score (nSPS) is 10.9. The predicted molar refractivity (Wildman–Crippen MR) is 81.3 cm³/mol. The highest BCUT2D eigenvalue weighted by Crippen LogP contribution is 2.22. The van der Waals surface area contributed by atoms with Crippen molar-refractivity contribution in [2.45, 2.75) is 13.8 Å². The van der Waals surface area contributed by atoms with Crippen molar-refractivity contribution < 1.29 is 13.9 Å². The number of benzene rings is 1. The van der Waals surface area contributed by atoms with Crippen LogP contribution < -0.4 is 0 Å². The summed E-state index contributed by atoms with van der Waals surface area (Å²) in [6.07, 6.45) is 0. The summed E-state index contributed by atoms with van der Waals surface area (Å²) in [5.41, 5.74) is 3.55. The summed E-state index contributed by atoms with van der Waals surface area (Å²) in [6.45, 7) is 3.97. The molecule has 0 bridgehead atoms. The molecular weight excluding hydrogens is 283 g/mol. The van der Waals surface area contributed by atoms with E-state index in [0.29, 0.717) is 23.4 Å². The standard InChI is InChI=1S/C17H15FN2O2/c1-3-22-17(21)14-10-11(2)20-16(14)9-8-15(19-20)12-4-6-13(18)7-5-12/h4-10H,3H2,1-2H3. The van der Waals surface area contributed by atoms with E-state index in [0.717, 1.165) is 11.3 Å². The summed E-state index contributed by atoms with van der Waals surface area (Å²) in [5.74, 6) is -0.643. The van der Waals surface area contributed by atoms with Gasteiger partial charge in [-0.3, -0.25) is 0 Å². The second-order valence-electron chi connectivity index (χ2n) is 4.94. The van der Waals surface area contributed by atoms with E-state index in [1.54, 1.807) is 29.6 Å². The molecule has 2 aromatic heterocycles. The number of fused-ring (bicyclic) bond motifs is 1. The zero-order valence-electron chi connectivity index (χ0n) is 12.3. The summed E-state index contributed by atoms with van der Waals surface area (Å²) in [5, 5.41) is 4.52. The Kier molecular flexibility index (Phi) is 3.63. The number of carbonyl (C=O) groups excluding carboxylic acids is 1. The van der Waals surface area contributed by atoms with Crippen LogP contribution in [0.15, 0.2) is 42.5 Å². The third-order valence-electron chi connectivity index (χ3n) is 3.43. The Bertz CT molecular complexity index is 838. The molecule has 0 N–H and O–H groups in total. The van der Waals surface area contributed by atoms with Crippen LogP contribution in [0.4, 0.5) is 4.39 Å². The van der Waals surface area contributed by atoms with Gasteiger partial charge in [0.25, 0.3) is 0 Å². The van der Waals surface area contributed by atoms with Gasteiger partial charge in [0.1, 0.15) is 5.82 Å². The number of aryl methyl sites for hydroxylation is 1. The molecule has 112 valence electrons. The van der Waals surface area contributed by atoms with E-state index in [-0.39, 0.29) is 11.8 Å². The van der Waals surface area contributed by atoms with Crippen LogP contribution in [0.25, 0.3) is 16.8 Å². The van der Waals surface area contributed by atoms with Gasteiger partial charge in [0.2, 0.25) is 0 Å². The summed E-state index contributed by atoms with van der Waals surface area (Å²) in [4.78, 5) is 12.0. The first kappa shape index (κ1) is 14.3. The monoisotopic (exact) mass is 298 g/mol. The highest BCUT2D eigenvalue weighted by atomic mass is 19.1. The molecule has 0 aliphatic carbocycles. The molecule has 4 nitrogen and oxygen atoms in total. The number of esters is 1. The lowest BCUT2D eigenvalue weighted by atomic mass is 10.1. The van der Waals surface area contributed by atoms with Crippen LogP contribution in [0.5, 0.6) is 0 Å². The molecule has 0 aliphatic heterocycles. The van der Waals surface area contributed by atoms with E-state index in [9.17, 15) is 9.18 Å². The maximum absolute atomic E-state index is 13.0. The number of aromatic nitrogens is 2. The average molecular weight is 298 g/mol. The van der Waals surface area contributed by atoms with E-state index >= 15 is 0 Å². The number of carbonyl (C=O) groups is 1. The Morgan fingerprint density at radius 3 is 2.64 bits per heavy atom. The van der Waals surface area contributed by atoms with E-state index in [1.165, 1.54) is 12.1 Å². The molecular formula is C17H15FN2O2. The molecule has 1 aromatic carbocycles. The van der Waals surface area contributed by atoms with E-state index in [4.69, 9.17) is 4.74 Å². The van der Waals surface area contributed by atoms with Gasteiger partial charge in [-0.05, 0) is 56.3 Å². The quantitative estimate of drug-likeness (QED) is 0.694. The van der Waals surface area contributed by atoms with Crippen LogP contribution in [0.3, 0.4) is 0 Å². The van der Waals surface area contributed by atoms with Crippen LogP contribution in [-0.4, -0.2) is 22.2 Å². The third kappa shape index (κ3) is 2.45. The second kappa shape index (κ2) is 5.60. The number of rotatable bonds is 3. The van der Waals surface area contributed by atoms with Crippen molar-refractivity contribution in [1.82, 2.24) is 9.61 Å². The van der Waals surface area contributed by atoms with Gasteiger partial charge in [-0.2, -0.15) is 5.10 Å². The van der Waals surface area contributed by atoms with Crippen LogP contribution in [0.1, 0.15) is 23.0 Å². The lowest BCUT2D eigenvalue weighted by Crippen LogP contribution is -2.04. The molecule has 0 saturated carbocycles. The maximum Gasteiger partial charge on any atom is 0.340 e. The van der Waals surface area contributed by atoms with Gasteiger partial charge in [-0.1, -0.05) is 0 Å². The van der Waals surface area contributed by atoms with Crippen molar-refractivity contribution in [2.75, 3.05) is 6.61 Å². The fourth-order valence-electron chi connectivity index (χ4n) is 2.39. The van der Waals surface area contributed by atoms with Crippen LogP contribution in [-0.2, 0) is 4.74 Å². The predicted octanol–water partition coefficient (Wildman–Crippen LogP) is 3.63. The fraction of sp³-hybridized carbons (Fsp3) is 0.176. The Hall–Kier alpha value is -2.69. The van der Waals surface area contributed by atoms with E-state index in [2.05, 4.69) is 5.10 Å². The Balaban J connectivity index is 2.09. The molecule has 22 heavy (non-hydrogen) atoms. The first-order chi connectivity index (χ1) is 10.6. The van der Waals surface area contributed by atoms with Crippen molar-refractivity contribution in [1.29, 1.82) is 0 Å². The largest absolute Gasteiger partial charge is 0.462 e. The van der Waals surface area contributed by atoms with E-state index in [1.807, 2.05) is 19.1 Å². The van der Waals surface area contributed by atoms with Crippen molar-refractivity contribution in [3.63, 3.8) is 0 Å². The zero-order valence-corrected chi connectivity index (χ0v) is 12.3. The number of nitrogens with zero attached hydrogens (tertiary/aromatic N) is 2. The lowest BCUT2D eigenvalue weighted by Gasteiger charge is -2.04. The van der Waals surface area contributed by atoms with Crippen molar-refractivity contribution in [3.8, 4) is 11.3 Å². The zero-order chi connectivity index (χ0) is 15.7. The average Bonchev–Trinajstić information content (AvgIpc) is 2.85. The van der Waals surface area contributed by atoms with Crippen molar-refractivity contribution in [3.05, 3.63) is 59.5 Å². The number of ether oxygens (including phenoxy) is 1. The number of hydrogen-bond donors (Lipinski definition) is 0. The molecule has 5 heteroatoms. The molecule has 3 rings (SSSR count). The molecule has 0 unspecified atom stereocenters. The number of hydrogen-bond acceptors (Lipinski definition) is 3. The molecule has 0 spiro atoms. The Morgan fingerprint density at radius 1 is 1.23 bits per heavy atom. The first-order valence-electron chi connectivity index (χ1n) is 7.02. The van der Waals surface area contributed by atoms with Crippen molar-refractivity contribution in [2.24, 2.45) is 0 Å². The van der Waals surface area contributed by atoms with Gasteiger partial charge in [-0.25, -0.2) is 13.7 Å². The van der Waals surface area contributed by atoms with Crippen LogP contribution >= 0.6 is 0 Å². The summed E-state index contributed by atoms with van der Waals surface area (Å²) >= 11 is 0. The fourth-order valence-corrected chi connectivity index (χ4v) is 2.39. The van der Waals surface area contributed by atoms with Crippen LogP contribution in [0.2, 0.25) is 0 Å². The molecule has 0 saturated heterocycles.